The number of ether oxygens (including phenoxy) is 1. The van der Waals surface area contributed by atoms with Crippen LogP contribution in [0.3, 0.4) is 0 Å². The quantitative estimate of drug-likeness (QED) is 0.319. The van der Waals surface area contributed by atoms with Crippen LogP contribution in [-0.2, 0) is 19.1 Å². The molecule has 1 heterocycles. The second-order valence-electron chi connectivity index (χ2n) is 8.15. The third-order valence-corrected chi connectivity index (χ3v) is 7.08. The van der Waals surface area contributed by atoms with Crippen LogP contribution in [0.25, 0.3) is 6.08 Å². The maximum atomic E-state index is 12.6. The predicted octanol–water partition coefficient (Wildman–Crippen LogP) is 3.67. The highest BCUT2D eigenvalue weighted by atomic mass is 35.5. The van der Waals surface area contributed by atoms with Gasteiger partial charge in [0.25, 0.3) is 0 Å². The van der Waals surface area contributed by atoms with Gasteiger partial charge in [-0.25, -0.2) is 9.59 Å². The number of carboxylic acid groups (broad SMARTS) is 1. The Morgan fingerprint density at radius 2 is 1.86 bits per heavy atom. The molecule has 35 heavy (non-hydrogen) atoms. The van der Waals surface area contributed by atoms with Crippen LogP contribution in [0.4, 0.5) is 4.79 Å². The number of amides is 3. The van der Waals surface area contributed by atoms with Crippen molar-refractivity contribution in [2.75, 3.05) is 25.9 Å². The first-order valence-electron chi connectivity index (χ1n) is 11.0. The van der Waals surface area contributed by atoms with Crippen LogP contribution in [0.1, 0.15) is 32.3 Å². The van der Waals surface area contributed by atoms with E-state index in [1.165, 1.54) is 17.8 Å². The number of hydrogen-bond acceptors (Lipinski definition) is 6. The molecule has 3 amide bonds. The summed E-state index contributed by atoms with van der Waals surface area (Å²) in [5.74, 6) is -2.37. The van der Waals surface area contributed by atoms with Gasteiger partial charge in [0.05, 0.1) is 22.7 Å². The molecule has 1 aliphatic rings. The number of carboxylic acids is 1. The lowest BCUT2D eigenvalue weighted by Gasteiger charge is -2.31. The van der Waals surface area contributed by atoms with E-state index in [1.807, 2.05) is 12.3 Å². The molecule has 1 saturated heterocycles. The number of nitrogens with zero attached hydrogens (tertiary/aromatic N) is 1. The van der Waals surface area contributed by atoms with E-state index in [2.05, 4.69) is 10.6 Å². The summed E-state index contributed by atoms with van der Waals surface area (Å²) in [6.07, 6.45) is 4.57. The number of nitrogens with one attached hydrogen (secondary N) is 2. The lowest BCUT2D eigenvalue weighted by molar-refractivity contribution is -0.142. The molecule has 1 fully saturated rings. The topological polar surface area (TPSA) is 125 Å². The maximum absolute atomic E-state index is 12.6. The Hall–Kier alpha value is -2.43. The zero-order valence-corrected chi connectivity index (χ0v) is 22.0. The molecule has 1 atom stereocenters. The Morgan fingerprint density at radius 3 is 2.43 bits per heavy atom. The molecule has 1 aromatic carbocycles. The van der Waals surface area contributed by atoms with Crippen molar-refractivity contribution in [3.63, 3.8) is 0 Å². The first-order chi connectivity index (χ1) is 16.5. The van der Waals surface area contributed by atoms with Crippen molar-refractivity contribution < 1.29 is 29.0 Å². The van der Waals surface area contributed by atoms with Gasteiger partial charge >= 0.3 is 12.1 Å². The van der Waals surface area contributed by atoms with Crippen molar-refractivity contribution >= 4 is 64.9 Å². The maximum Gasteiger partial charge on any atom is 0.407 e. The van der Waals surface area contributed by atoms with E-state index in [-0.39, 0.29) is 18.6 Å². The molecular weight excluding hydrogens is 517 g/mol. The SMILES string of the molecule is CSc1ccc(/C=C/C(=O)N2CCC(C(=O)N[C@@H](CNC(=O)OC(C)C)C(=O)O)CC2)c(Cl)c1Cl. The van der Waals surface area contributed by atoms with Crippen molar-refractivity contribution in [3.05, 3.63) is 33.8 Å². The molecule has 9 nitrogen and oxygen atoms in total. The number of benzene rings is 1. The Kier molecular flexibility index (Phi) is 11.2. The molecule has 0 aliphatic carbocycles. The Morgan fingerprint density at radius 1 is 1.20 bits per heavy atom. The fourth-order valence-corrected chi connectivity index (χ4v) is 4.57. The van der Waals surface area contributed by atoms with E-state index >= 15 is 0 Å². The van der Waals surface area contributed by atoms with Gasteiger partial charge in [0.15, 0.2) is 0 Å². The third kappa shape index (κ3) is 8.63. The number of carbonyl (C=O) groups excluding carboxylic acids is 3. The van der Waals surface area contributed by atoms with Gasteiger partial charge in [-0.2, -0.15) is 0 Å². The lowest BCUT2D eigenvalue weighted by atomic mass is 9.95. The van der Waals surface area contributed by atoms with Gasteiger partial charge in [-0.1, -0.05) is 29.3 Å². The normalized spacial score (nSPS) is 15.2. The van der Waals surface area contributed by atoms with Gasteiger partial charge in [0.1, 0.15) is 6.04 Å². The highest BCUT2D eigenvalue weighted by Gasteiger charge is 2.30. The van der Waals surface area contributed by atoms with Gasteiger partial charge in [0, 0.05) is 30.0 Å². The van der Waals surface area contributed by atoms with E-state index in [0.29, 0.717) is 41.5 Å². The lowest BCUT2D eigenvalue weighted by Crippen LogP contribution is -2.51. The fourth-order valence-electron chi connectivity index (χ4n) is 3.39. The summed E-state index contributed by atoms with van der Waals surface area (Å²) in [5, 5.41) is 15.0. The second kappa shape index (κ2) is 13.6. The molecule has 1 aliphatic heterocycles. The van der Waals surface area contributed by atoms with Crippen molar-refractivity contribution in [2.45, 2.75) is 43.7 Å². The van der Waals surface area contributed by atoms with Crippen LogP contribution in [0.15, 0.2) is 23.1 Å². The largest absolute Gasteiger partial charge is 0.480 e. The van der Waals surface area contributed by atoms with Gasteiger partial charge in [-0.15, -0.1) is 11.8 Å². The average molecular weight is 546 g/mol. The van der Waals surface area contributed by atoms with Crippen LogP contribution in [0.2, 0.25) is 10.0 Å². The summed E-state index contributed by atoms with van der Waals surface area (Å²) in [5.41, 5.74) is 0.627. The van der Waals surface area contributed by atoms with E-state index in [4.69, 9.17) is 27.9 Å². The van der Waals surface area contributed by atoms with Crippen molar-refractivity contribution in [1.82, 2.24) is 15.5 Å². The molecule has 0 aromatic heterocycles. The summed E-state index contributed by atoms with van der Waals surface area (Å²) >= 11 is 14.0. The Bertz CT molecular complexity index is 980. The molecule has 0 saturated carbocycles. The average Bonchev–Trinajstić information content (AvgIpc) is 2.81. The second-order valence-corrected chi connectivity index (χ2v) is 9.76. The van der Waals surface area contributed by atoms with Gasteiger partial charge < -0.3 is 25.4 Å². The van der Waals surface area contributed by atoms with Crippen molar-refractivity contribution in [1.29, 1.82) is 0 Å². The van der Waals surface area contributed by atoms with Crippen LogP contribution in [0.5, 0.6) is 0 Å². The molecule has 1 aromatic rings. The molecule has 0 unspecified atom stereocenters. The first kappa shape index (κ1) is 28.8. The number of aliphatic carboxylic acids is 1. The first-order valence-corrected chi connectivity index (χ1v) is 13.0. The highest BCUT2D eigenvalue weighted by molar-refractivity contribution is 7.98. The molecule has 0 bridgehead atoms. The van der Waals surface area contributed by atoms with Crippen molar-refractivity contribution in [3.8, 4) is 0 Å². The standard InChI is InChI=1S/C23H29Cl2N3O6S/c1-13(2)34-23(33)26-12-16(22(31)32)27-21(30)15-8-10-28(11-9-15)18(29)7-5-14-4-6-17(35-3)20(25)19(14)24/h4-7,13,15-16H,8-12H2,1-3H3,(H,26,33)(H,27,30)(H,31,32)/b7-5+/t16-/m0/s1. The predicted molar refractivity (Wildman–Crippen MR) is 136 cm³/mol. The number of hydrogen-bond donors (Lipinski definition) is 3. The zero-order chi connectivity index (χ0) is 26.1. The number of carbonyl (C=O) groups is 4. The van der Waals surface area contributed by atoms with E-state index in [0.717, 1.165) is 4.90 Å². The molecule has 0 spiro atoms. The van der Waals surface area contributed by atoms with E-state index in [1.54, 1.807) is 30.9 Å². The van der Waals surface area contributed by atoms with Crippen LogP contribution in [0, 0.1) is 5.92 Å². The summed E-state index contributed by atoms with van der Waals surface area (Å²) in [6.45, 7) is 3.71. The van der Waals surface area contributed by atoms with Crippen LogP contribution in [-0.4, -0.2) is 71.9 Å². The number of halogens is 2. The molecule has 2 rings (SSSR count). The third-order valence-electron chi connectivity index (χ3n) is 5.29. The van der Waals surface area contributed by atoms with E-state index < -0.39 is 29.9 Å². The van der Waals surface area contributed by atoms with Gasteiger partial charge in [-0.05, 0) is 50.7 Å². The molecule has 12 heteroatoms. The van der Waals surface area contributed by atoms with Crippen LogP contribution < -0.4 is 10.6 Å². The summed E-state index contributed by atoms with van der Waals surface area (Å²) < 4.78 is 4.89. The number of rotatable bonds is 9. The summed E-state index contributed by atoms with van der Waals surface area (Å²) in [6, 6.07) is 2.33. The zero-order valence-electron chi connectivity index (χ0n) is 19.7. The summed E-state index contributed by atoms with van der Waals surface area (Å²) in [4.78, 5) is 50.7. The van der Waals surface area contributed by atoms with Crippen LogP contribution >= 0.6 is 35.0 Å². The number of likely N-dealkylation sites (tertiary alicyclic amines) is 1. The minimum atomic E-state index is -1.29. The fraction of sp³-hybridized carbons (Fsp3) is 0.478. The molecule has 3 N–H and O–H groups in total. The smallest absolute Gasteiger partial charge is 0.407 e. The van der Waals surface area contributed by atoms with Crippen molar-refractivity contribution in [2.24, 2.45) is 5.92 Å². The molecule has 192 valence electrons. The number of piperidine rings is 1. The highest BCUT2D eigenvalue weighted by Crippen LogP contribution is 2.35. The van der Waals surface area contributed by atoms with Gasteiger partial charge in [-0.3, -0.25) is 9.59 Å². The monoisotopic (exact) mass is 545 g/mol. The van der Waals surface area contributed by atoms with E-state index in [9.17, 15) is 24.3 Å². The number of thioether (sulfide) groups is 1. The Labute approximate surface area is 218 Å². The minimum Gasteiger partial charge on any atom is -0.480 e. The summed E-state index contributed by atoms with van der Waals surface area (Å²) in [7, 11) is 0. The van der Waals surface area contributed by atoms with Gasteiger partial charge in [0.2, 0.25) is 11.8 Å². The Balaban J connectivity index is 1.87. The number of alkyl carbamates (subject to hydrolysis) is 1. The minimum absolute atomic E-state index is 0.221. The molecule has 0 radical (unpaired) electrons. The molecular formula is C23H29Cl2N3O6S.